The summed E-state index contributed by atoms with van der Waals surface area (Å²) in [7, 11) is -3.41. The second-order valence-corrected chi connectivity index (χ2v) is 11.3. The van der Waals surface area contributed by atoms with Crippen LogP contribution in [0.15, 0.2) is 47.4 Å². The molecule has 11 heteroatoms. The van der Waals surface area contributed by atoms with E-state index in [-0.39, 0.29) is 4.90 Å². The summed E-state index contributed by atoms with van der Waals surface area (Å²) < 4.78 is 35.4. The summed E-state index contributed by atoms with van der Waals surface area (Å²) in [4.78, 5) is 39.3. The Labute approximate surface area is 202 Å². The van der Waals surface area contributed by atoms with Crippen LogP contribution in [0.25, 0.3) is 0 Å². The molecule has 0 bridgehead atoms. The van der Waals surface area contributed by atoms with Crippen molar-refractivity contribution in [2.75, 3.05) is 18.1 Å². The Hall–Kier alpha value is -3.60. The van der Waals surface area contributed by atoms with E-state index in [2.05, 4.69) is 10.6 Å². The van der Waals surface area contributed by atoms with Crippen molar-refractivity contribution in [2.24, 2.45) is 0 Å². The number of hydrogen-bond donors (Lipinski definition) is 2. The van der Waals surface area contributed by atoms with Crippen molar-refractivity contribution in [1.29, 1.82) is 0 Å². The number of imide groups is 1. The summed E-state index contributed by atoms with van der Waals surface area (Å²) in [6.07, 6.45) is 4.77. The minimum Gasteiger partial charge on any atom is -0.448 e. The van der Waals surface area contributed by atoms with Crippen molar-refractivity contribution in [3.8, 4) is 11.5 Å². The number of rotatable bonds is 5. The maximum Gasteiger partial charge on any atom is 0.325 e. The monoisotopic (exact) mass is 499 g/mol. The zero-order chi connectivity index (χ0) is 25.0. The maximum absolute atomic E-state index is 13.1. The van der Waals surface area contributed by atoms with E-state index in [1.54, 1.807) is 18.2 Å². The van der Waals surface area contributed by atoms with E-state index in [0.717, 1.165) is 36.8 Å². The lowest BCUT2D eigenvalue weighted by molar-refractivity contribution is -0.133. The van der Waals surface area contributed by atoms with Crippen molar-refractivity contribution in [3.63, 3.8) is 0 Å². The number of nitrogens with zero attached hydrogens (tertiary/aromatic N) is 1. The van der Waals surface area contributed by atoms with Gasteiger partial charge in [0.15, 0.2) is 21.3 Å². The van der Waals surface area contributed by atoms with E-state index in [0.29, 0.717) is 22.7 Å². The number of amides is 4. The van der Waals surface area contributed by atoms with Gasteiger partial charge >= 0.3 is 6.03 Å². The molecule has 10 nitrogen and oxygen atoms in total. The van der Waals surface area contributed by atoms with Gasteiger partial charge in [-0.2, -0.15) is 0 Å². The molecule has 2 aliphatic heterocycles. The summed E-state index contributed by atoms with van der Waals surface area (Å²) >= 11 is 0. The summed E-state index contributed by atoms with van der Waals surface area (Å²) in [5.41, 5.74) is -0.566. The molecule has 1 spiro atoms. The molecule has 1 aliphatic carbocycles. The zero-order valence-electron chi connectivity index (χ0n) is 19.3. The third-order valence-electron chi connectivity index (χ3n) is 6.62. The number of sulfone groups is 1. The SMILES string of the molecule is CC1(c2ccc(S(C)(=O)=O)cc2)NC(=O)N(CC(=O)Nc2ccc3c(c2)OC2(CCCC2)O3)C1=O. The molecule has 0 radical (unpaired) electrons. The molecule has 1 unspecified atom stereocenters. The minimum absolute atomic E-state index is 0.0976. The highest BCUT2D eigenvalue weighted by atomic mass is 32.2. The molecular weight excluding hydrogens is 474 g/mol. The largest absolute Gasteiger partial charge is 0.448 e. The van der Waals surface area contributed by atoms with Crippen LogP contribution in [0.2, 0.25) is 0 Å². The van der Waals surface area contributed by atoms with Gasteiger partial charge in [-0.15, -0.1) is 0 Å². The Morgan fingerprint density at radius 1 is 1.06 bits per heavy atom. The fraction of sp³-hybridized carbons (Fsp3) is 0.375. The first kappa shape index (κ1) is 23.2. The quantitative estimate of drug-likeness (QED) is 0.605. The highest BCUT2D eigenvalue weighted by Gasteiger charge is 2.49. The van der Waals surface area contributed by atoms with Crippen LogP contribution in [-0.4, -0.2) is 49.8 Å². The fourth-order valence-electron chi connectivity index (χ4n) is 4.71. The number of carbonyl (C=O) groups is 3. The van der Waals surface area contributed by atoms with Gasteiger partial charge in [-0.3, -0.25) is 14.5 Å². The van der Waals surface area contributed by atoms with Crippen LogP contribution in [0, 0.1) is 0 Å². The molecule has 4 amide bonds. The Bertz CT molecular complexity index is 1330. The molecule has 1 atom stereocenters. The van der Waals surface area contributed by atoms with Crippen LogP contribution in [0.4, 0.5) is 10.5 Å². The smallest absolute Gasteiger partial charge is 0.325 e. The maximum atomic E-state index is 13.1. The van der Waals surface area contributed by atoms with Crippen molar-refractivity contribution >= 4 is 33.4 Å². The zero-order valence-corrected chi connectivity index (χ0v) is 20.1. The lowest BCUT2D eigenvalue weighted by atomic mass is 9.92. The van der Waals surface area contributed by atoms with E-state index in [1.165, 1.54) is 31.2 Å². The van der Waals surface area contributed by atoms with E-state index in [1.807, 2.05) is 0 Å². The fourth-order valence-corrected chi connectivity index (χ4v) is 5.34. The van der Waals surface area contributed by atoms with Gasteiger partial charge in [0.1, 0.15) is 12.1 Å². The van der Waals surface area contributed by atoms with Crippen LogP contribution < -0.4 is 20.1 Å². The lowest BCUT2D eigenvalue weighted by Crippen LogP contribution is -2.42. The minimum atomic E-state index is -3.41. The number of carbonyl (C=O) groups excluding carboxylic acids is 3. The van der Waals surface area contributed by atoms with Crippen LogP contribution >= 0.6 is 0 Å². The van der Waals surface area contributed by atoms with E-state index in [9.17, 15) is 22.8 Å². The van der Waals surface area contributed by atoms with Crippen LogP contribution in [-0.2, 0) is 25.0 Å². The van der Waals surface area contributed by atoms with Gasteiger partial charge in [-0.05, 0) is 49.6 Å². The first-order chi connectivity index (χ1) is 16.5. The number of nitrogens with one attached hydrogen (secondary N) is 2. The summed E-state index contributed by atoms with van der Waals surface area (Å²) in [6, 6.07) is 10.0. The average Bonchev–Trinajstić information content (AvgIpc) is 3.46. The Balaban J connectivity index is 1.27. The lowest BCUT2D eigenvalue weighted by Gasteiger charge is -2.22. The van der Waals surface area contributed by atoms with Gasteiger partial charge in [0.05, 0.1) is 4.90 Å². The van der Waals surface area contributed by atoms with Crippen molar-refractivity contribution in [1.82, 2.24) is 10.2 Å². The molecule has 2 N–H and O–H groups in total. The second-order valence-electron chi connectivity index (χ2n) is 9.27. The highest BCUT2D eigenvalue weighted by molar-refractivity contribution is 7.90. The van der Waals surface area contributed by atoms with Gasteiger partial charge < -0.3 is 20.1 Å². The Morgan fingerprint density at radius 3 is 2.37 bits per heavy atom. The molecule has 2 aromatic rings. The summed E-state index contributed by atoms with van der Waals surface area (Å²) in [6.45, 7) is 1.03. The molecule has 0 aromatic heterocycles. The number of ether oxygens (including phenoxy) is 2. The summed E-state index contributed by atoms with van der Waals surface area (Å²) in [5.74, 6) is -0.616. The van der Waals surface area contributed by atoms with E-state index >= 15 is 0 Å². The summed E-state index contributed by atoms with van der Waals surface area (Å²) in [5, 5.41) is 5.30. The number of urea groups is 1. The molecule has 184 valence electrons. The molecule has 2 fully saturated rings. The molecule has 1 saturated carbocycles. The number of anilines is 1. The molecule has 3 aliphatic rings. The molecule has 1 saturated heterocycles. The predicted molar refractivity (Wildman–Crippen MR) is 125 cm³/mol. The van der Waals surface area contributed by atoms with E-state index in [4.69, 9.17) is 9.47 Å². The first-order valence-electron chi connectivity index (χ1n) is 11.3. The Morgan fingerprint density at radius 2 is 1.71 bits per heavy atom. The van der Waals surface area contributed by atoms with Gasteiger partial charge in [-0.1, -0.05) is 12.1 Å². The standard InChI is InChI=1S/C24H25N3O7S/c1-23(15-5-8-17(9-6-15)35(2,31)32)21(29)27(22(30)26-23)14-20(28)25-16-7-10-18-19(13-16)34-24(33-18)11-3-4-12-24/h5-10,13H,3-4,11-12,14H2,1-2H3,(H,25,28)(H,26,30). The Kier molecular flexibility index (Phi) is 5.28. The first-order valence-corrected chi connectivity index (χ1v) is 13.1. The van der Waals surface area contributed by atoms with Gasteiger partial charge in [0, 0.05) is 30.9 Å². The number of benzene rings is 2. The van der Waals surface area contributed by atoms with Crippen molar-refractivity contribution in [3.05, 3.63) is 48.0 Å². The number of hydrogen-bond acceptors (Lipinski definition) is 7. The topological polar surface area (TPSA) is 131 Å². The molecule has 35 heavy (non-hydrogen) atoms. The third-order valence-corrected chi connectivity index (χ3v) is 7.75. The molecule has 2 aromatic carbocycles. The highest BCUT2D eigenvalue weighted by Crippen LogP contribution is 2.47. The second kappa shape index (κ2) is 7.98. The van der Waals surface area contributed by atoms with Crippen molar-refractivity contribution in [2.45, 2.75) is 48.8 Å². The predicted octanol–water partition coefficient (Wildman–Crippen LogP) is 2.54. The average molecular weight is 500 g/mol. The molecule has 5 rings (SSSR count). The van der Waals surface area contributed by atoms with Gasteiger partial charge in [0.25, 0.3) is 11.7 Å². The van der Waals surface area contributed by atoms with Crippen LogP contribution in [0.3, 0.4) is 0 Å². The third kappa shape index (κ3) is 4.09. The van der Waals surface area contributed by atoms with Crippen molar-refractivity contribution < 1.29 is 32.3 Å². The molecular formula is C24H25N3O7S. The van der Waals surface area contributed by atoms with E-state index < -0.39 is 45.6 Å². The van der Waals surface area contributed by atoms with Crippen LogP contribution in [0.1, 0.15) is 38.2 Å². The van der Waals surface area contributed by atoms with Crippen LogP contribution in [0.5, 0.6) is 11.5 Å². The molecule has 2 heterocycles. The number of fused-ring (bicyclic) bond motifs is 1. The normalized spacial score (nSPS) is 22.5. The van der Waals surface area contributed by atoms with Gasteiger partial charge in [0.2, 0.25) is 5.91 Å². The van der Waals surface area contributed by atoms with Gasteiger partial charge in [-0.25, -0.2) is 13.2 Å².